The van der Waals surface area contributed by atoms with Crippen molar-refractivity contribution in [2.45, 2.75) is 6.92 Å². The van der Waals surface area contributed by atoms with Crippen molar-refractivity contribution in [3.8, 4) is 27.6 Å². The fourth-order valence-corrected chi connectivity index (χ4v) is 3.27. The molecule has 0 fully saturated rings. The molecule has 0 saturated heterocycles. The van der Waals surface area contributed by atoms with Gasteiger partial charge in [-0.05, 0) is 37.3 Å². The first-order chi connectivity index (χ1) is 11.6. The molecule has 0 unspecified atom stereocenters. The maximum Gasteiger partial charge on any atom is 0.165 e. The molecular formula is C17H14FN3O2S. The average Bonchev–Trinajstić information content (AvgIpc) is 3.07. The summed E-state index contributed by atoms with van der Waals surface area (Å²) in [6.45, 7) is 1.67. The van der Waals surface area contributed by atoms with Crippen molar-refractivity contribution in [1.29, 1.82) is 0 Å². The fourth-order valence-electron chi connectivity index (χ4n) is 2.24. The largest absolute Gasteiger partial charge is 0.494 e. The third-order valence-electron chi connectivity index (χ3n) is 3.46. The van der Waals surface area contributed by atoms with Gasteiger partial charge in [0.1, 0.15) is 5.01 Å². The Balaban J connectivity index is 2.16. The molecule has 7 heteroatoms. The van der Waals surface area contributed by atoms with Gasteiger partial charge in [0.2, 0.25) is 0 Å². The minimum atomic E-state index is -0.474. The van der Waals surface area contributed by atoms with Crippen LogP contribution >= 0.6 is 11.3 Å². The molecule has 3 aromatic rings. The first kappa shape index (κ1) is 16.1. The molecule has 1 N–H and O–H groups in total. The van der Waals surface area contributed by atoms with Crippen molar-refractivity contribution in [3.63, 3.8) is 0 Å². The van der Waals surface area contributed by atoms with Crippen LogP contribution in [0.5, 0.6) is 5.75 Å². The molecule has 5 nitrogen and oxygen atoms in total. The number of benzene rings is 1. The van der Waals surface area contributed by atoms with Crippen LogP contribution < -0.4 is 4.74 Å². The second kappa shape index (κ2) is 6.76. The van der Waals surface area contributed by atoms with Crippen LogP contribution in [0.15, 0.2) is 47.9 Å². The van der Waals surface area contributed by atoms with E-state index in [2.05, 4.69) is 15.1 Å². The zero-order chi connectivity index (χ0) is 17.1. The lowest BCUT2D eigenvalue weighted by atomic mass is 10.1. The fraction of sp³-hybridized carbons (Fsp3) is 0.118. The standard InChI is InChI=1S/C17H14FN3O2S/c1-10(21-22)16-15(12-3-4-14(23-2)13(18)9-12)20-17(24-16)11-5-7-19-8-6-11/h3-9,22H,1-2H3/b21-10+. The third-order valence-corrected chi connectivity index (χ3v) is 4.67. The summed E-state index contributed by atoms with van der Waals surface area (Å²) in [5.74, 6) is -0.310. The molecule has 0 aliphatic rings. The van der Waals surface area contributed by atoms with Crippen LogP contribution in [0.2, 0.25) is 0 Å². The molecule has 1 aromatic carbocycles. The summed E-state index contributed by atoms with van der Waals surface area (Å²) in [6, 6.07) is 8.31. The maximum atomic E-state index is 14.0. The normalized spacial score (nSPS) is 11.5. The van der Waals surface area contributed by atoms with E-state index < -0.39 is 5.82 Å². The molecule has 2 heterocycles. The van der Waals surface area contributed by atoms with Crippen molar-refractivity contribution < 1.29 is 14.3 Å². The molecule has 3 rings (SSSR count). The van der Waals surface area contributed by atoms with Gasteiger partial charge >= 0.3 is 0 Å². The van der Waals surface area contributed by atoms with Crippen LogP contribution in [-0.4, -0.2) is 28.0 Å². The van der Waals surface area contributed by atoms with Gasteiger partial charge in [0, 0.05) is 23.5 Å². The number of methoxy groups -OCH3 is 1. The van der Waals surface area contributed by atoms with Gasteiger partial charge in [0.25, 0.3) is 0 Å². The van der Waals surface area contributed by atoms with Gasteiger partial charge in [0.15, 0.2) is 11.6 Å². The van der Waals surface area contributed by atoms with Gasteiger partial charge in [-0.25, -0.2) is 9.37 Å². The Morgan fingerprint density at radius 2 is 1.96 bits per heavy atom. The quantitative estimate of drug-likeness (QED) is 0.437. The highest BCUT2D eigenvalue weighted by molar-refractivity contribution is 7.17. The summed E-state index contributed by atoms with van der Waals surface area (Å²) in [6.07, 6.45) is 3.35. The number of nitrogens with zero attached hydrogens (tertiary/aromatic N) is 3. The average molecular weight is 343 g/mol. The topological polar surface area (TPSA) is 67.6 Å². The SMILES string of the molecule is COc1ccc(-c2nc(-c3ccncc3)sc2/C(C)=N/O)cc1F. The van der Waals surface area contributed by atoms with Crippen molar-refractivity contribution in [2.75, 3.05) is 7.11 Å². The smallest absolute Gasteiger partial charge is 0.165 e. The van der Waals surface area contributed by atoms with Crippen LogP contribution in [-0.2, 0) is 0 Å². The summed E-state index contributed by atoms with van der Waals surface area (Å²) < 4.78 is 19.0. The third kappa shape index (κ3) is 2.98. The molecule has 0 atom stereocenters. The highest BCUT2D eigenvalue weighted by Crippen LogP contribution is 2.35. The van der Waals surface area contributed by atoms with Crippen molar-refractivity contribution in [3.05, 3.63) is 53.4 Å². The number of thiazole rings is 1. The predicted octanol–water partition coefficient (Wildman–Crippen LogP) is 4.22. The number of oxime groups is 1. The molecule has 122 valence electrons. The van der Waals surface area contributed by atoms with E-state index in [9.17, 15) is 4.39 Å². The van der Waals surface area contributed by atoms with Crippen LogP contribution in [0.3, 0.4) is 0 Å². The number of hydrogen-bond donors (Lipinski definition) is 1. The highest BCUT2D eigenvalue weighted by Gasteiger charge is 2.18. The summed E-state index contributed by atoms with van der Waals surface area (Å²) in [5, 5.41) is 13.1. The zero-order valence-corrected chi connectivity index (χ0v) is 13.8. The number of pyridine rings is 1. The molecule has 0 aliphatic carbocycles. The second-order valence-corrected chi connectivity index (χ2v) is 5.97. The Labute approximate surface area is 142 Å². The Hall–Kier alpha value is -2.80. The van der Waals surface area contributed by atoms with E-state index in [1.807, 2.05) is 12.1 Å². The summed E-state index contributed by atoms with van der Waals surface area (Å²) >= 11 is 1.37. The number of rotatable bonds is 4. The van der Waals surface area contributed by atoms with Crippen LogP contribution in [0.4, 0.5) is 4.39 Å². The van der Waals surface area contributed by atoms with Gasteiger partial charge in [-0.3, -0.25) is 4.98 Å². The summed E-state index contributed by atoms with van der Waals surface area (Å²) in [7, 11) is 1.41. The number of aromatic nitrogens is 2. The van der Waals surface area contributed by atoms with E-state index in [0.29, 0.717) is 21.8 Å². The molecule has 0 spiro atoms. The van der Waals surface area contributed by atoms with Crippen molar-refractivity contribution in [2.24, 2.45) is 5.16 Å². The van der Waals surface area contributed by atoms with Gasteiger partial charge in [-0.1, -0.05) is 5.16 Å². The number of halogens is 1. The second-order valence-electron chi connectivity index (χ2n) is 4.97. The number of ether oxygens (including phenoxy) is 1. The van der Waals surface area contributed by atoms with Crippen molar-refractivity contribution in [1.82, 2.24) is 9.97 Å². The Morgan fingerprint density at radius 1 is 1.21 bits per heavy atom. The van der Waals surface area contributed by atoms with Gasteiger partial charge in [-0.2, -0.15) is 0 Å². The first-order valence-corrected chi connectivity index (χ1v) is 7.90. The number of hydrogen-bond acceptors (Lipinski definition) is 6. The van der Waals surface area contributed by atoms with Crippen LogP contribution in [0.25, 0.3) is 21.8 Å². The molecular weight excluding hydrogens is 329 g/mol. The van der Waals surface area contributed by atoms with Gasteiger partial charge in [0.05, 0.1) is 23.4 Å². The Morgan fingerprint density at radius 3 is 2.58 bits per heavy atom. The summed E-state index contributed by atoms with van der Waals surface area (Å²) in [5.41, 5.74) is 2.45. The summed E-state index contributed by atoms with van der Waals surface area (Å²) in [4.78, 5) is 9.27. The van der Waals surface area contributed by atoms with E-state index in [1.165, 1.54) is 24.5 Å². The predicted molar refractivity (Wildman–Crippen MR) is 91.3 cm³/mol. The molecule has 2 aromatic heterocycles. The van der Waals surface area contributed by atoms with Gasteiger partial charge in [-0.15, -0.1) is 11.3 Å². The van der Waals surface area contributed by atoms with E-state index in [1.54, 1.807) is 31.5 Å². The molecule has 24 heavy (non-hydrogen) atoms. The molecule has 0 aliphatic heterocycles. The lowest BCUT2D eigenvalue weighted by molar-refractivity contribution is 0.319. The van der Waals surface area contributed by atoms with E-state index in [0.717, 1.165) is 10.6 Å². The maximum absolute atomic E-state index is 14.0. The molecule has 0 radical (unpaired) electrons. The van der Waals surface area contributed by atoms with E-state index >= 15 is 0 Å². The lowest BCUT2D eigenvalue weighted by Crippen LogP contribution is -1.95. The first-order valence-electron chi connectivity index (χ1n) is 7.08. The highest BCUT2D eigenvalue weighted by atomic mass is 32.1. The molecule has 0 amide bonds. The Kier molecular flexibility index (Phi) is 4.52. The minimum absolute atomic E-state index is 0.164. The van der Waals surface area contributed by atoms with E-state index in [-0.39, 0.29) is 5.75 Å². The minimum Gasteiger partial charge on any atom is -0.494 e. The van der Waals surface area contributed by atoms with Crippen molar-refractivity contribution >= 4 is 17.0 Å². The molecule has 0 saturated carbocycles. The van der Waals surface area contributed by atoms with E-state index in [4.69, 9.17) is 9.94 Å². The molecule has 0 bridgehead atoms. The zero-order valence-electron chi connectivity index (χ0n) is 13.0. The monoisotopic (exact) mass is 343 g/mol. The van der Waals surface area contributed by atoms with Crippen LogP contribution in [0, 0.1) is 5.82 Å². The lowest BCUT2D eigenvalue weighted by Gasteiger charge is -2.05. The van der Waals surface area contributed by atoms with Crippen LogP contribution in [0.1, 0.15) is 11.8 Å². The Bertz CT molecular complexity index is 894. The van der Waals surface area contributed by atoms with Gasteiger partial charge < -0.3 is 9.94 Å².